The minimum atomic E-state index is -1.02. The lowest BCUT2D eigenvalue weighted by atomic mass is 10.1. The molecule has 9 heteroatoms. The molecule has 0 aliphatic carbocycles. The van der Waals surface area contributed by atoms with Gasteiger partial charge < -0.3 is 10.4 Å². The number of hydrogen-bond donors (Lipinski definition) is 2. The summed E-state index contributed by atoms with van der Waals surface area (Å²) in [6, 6.07) is 9.65. The highest BCUT2D eigenvalue weighted by molar-refractivity contribution is 8.15. The number of hydrogen-bond acceptors (Lipinski definition) is 6. The van der Waals surface area contributed by atoms with Crippen molar-refractivity contribution in [1.29, 1.82) is 0 Å². The van der Waals surface area contributed by atoms with E-state index in [1.54, 1.807) is 12.4 Å². The number of rotatable bonds is 6. The molecule has 2 N–H and O–H groups in total. The van der Waals surface area contributed by atoms with Gasteiger partial charge in [0.1, 0.15) is 5.25 Å². The van der Waals surface area contributed by atoms with Crippen LogP contribution in [-0.4, -0.2) is 43.4 Å². The smallest absolute Gasteiger partial charge is 0.305 e. The summed E-state index contributed by atoms with van der Waals surface area (Å²) in [5.74, 6) is -1.38. The fourth-order valence-corrected chi connectivity index (χ4v) is 3.16. The summed E-state index contributed by atoms with van der Waals surface area (Å²) in [5, 5.41) is 23.0. The number of carboxylic acids is 1. The highest BCUT2D eigenvalue weighted by Gasteiger charge is 2.32. The third-order valence-corrected chi connectivity index (χ3v) is 4.42. The zero-order chi connectivity index (χ0) is 17.6. The number of amides is 1. The number of carbonyl (C=O) groups is 2. The Balaban J connectivity index is 1.62. The van der Waals surface area contributed by atoms with Crippen LogP contribution in [0.3, 0.4) is 0 Å². The summed E-state index contributed by atoms with van der Waals surface area (Å²) in [4.78, 5) is 22.3. The summed E-state index contributed by atoms with van der Waals surface area (Å²) >= 11 is 1.07. The Kier molecular flexibility index (Phi) is 5.24. The van der Waals surface area contributed by atoms with Crippen molar-refractivity contribution < 1.29 is 14.7 Å². The standard InChI is InChI=1S/C16H15N5O3S/c22-14(23)8-13-15(24)19-16(25-13)20-17-9-11-3-1-4-12(7-11)10-21-6-2-5-18-21/h1-7,9,13H,8,10H2,(H,22,23)(H,19,20,24). The molecule has 25 heavy (non-hydrogen) atoms. The Morgan fingerprint density at radius 3 is 3.08 bits per heavy atom. The zero-order valence-corrected chi connectivity index (χ0v) is 13.9. The van der Waals surface area contributed by atoms with Gasteiger partial charge in [-0.1, -0.05) is 30.0 Å². The predicted molar refractivity (Wildman–Crippen MR) is 94.6 cm³/mol. The van der Waals surface area contributed by atoms with Gasteiger partial charge in [0, 0.05) is 12.4 Å². The van der Waals surface area contributed by atoms with Crippen LogP contribution in [0, 0.1) is 0 Å². The van der Waals surface area contributed by atoms with Gasteiger partial charge in [0.15, 0.2) is 5.17 Å². The first kappa shape index (κ1) is 16.9. The number of nitrogens with zero attached hydrogens (tertiary/aromatic N) is 4. The van der Waals surface area contributed by atoms with Gasteiger partial charge in [-0.3, -0.25) is 14.3 Å². The number of aliphatic carboxylic acids is 1. The molecular formula is C16H15N5O3S. The van der Waals surface area contributed by atoms with Crippen LogP contribution < -0.4 is 5.32 Å². The largest absolute Gasteiger partial charge is 0.481 e. The summed E-state index contributed by atoms with van der Waals surface area (Å²) in [6.07, 6.45) is 4.96. The van der Waals surface area contributed by atoms with Gasteiger partial charge in [-0.05, 0) is 23.3 Å². The van der Waals surface area contributed by atoms with Crippen molar-refractivity contribution in [3.8, 4) is 0 Å². The molecule has 1 saturated heterocycles. The van der Waals surface area contributed by atoms with Crippen LogP contribution in [0.25, 0.3) is 0 Å². The van der Waals surface area contributed by atoms with Crippen molar-refractivity contribution in [3.05, 3.63) is 53.9 Å². The van der Waals surface area contributed by atoms with E-state index in [1.807, 2.05) is 41.2 Å². The van der Waals surface area contributed by atoms with E-state index < -0.39 is 11.2 Å². The van der Waals surface area contributed by atoms with E-state index in [-0.39, 0.29) is 12.3 Å². The average molecular weight is 357 g/mol. The van der Waals surface area contributed by atoms with Crippen LogP contribution in [0.4, 0.5) is 0 Å². The molecule has 1 amide bonds. The van der Waals surface area contributed by atoms with Gasteiger partial charge in [0.25, 0.3) is 0 Å². The van der Waals surface area contributed by atoms with Crippen molar-refractivity contribution in [2.75, 3.05) is 0 Å². The molecule has 8 nitrogen and oxygen atoms in total. The molecule has 1 unspecified atom stereocenters. The maximum Gasteiger partial charge on any atom is 0.305 e. The Bertz CT molecular complexity index is 832. The minimum Gasteiger partial charge on any atom is -0.481 e. The number of nitrogens with one attached hydrogen (secondary N) is 1. The highest BCUT2D eigenvalue weighted by atomic mass is 32.2. The quantitative estimate of drug-likeness (QED) is 0.599. The second-order valence-corrected chi connectivity index (χ2v) is 6.48. The Morgan fingerprint density at radius 1 is 1.44 bits per heavy atom. The van der Waals surface area contributed by atoms with E-state index in [1.165, 1.54) is 0 Å². The van der Waals surface area contributed by atoms with Crippen molar-refractivity contribution in [2.24, 2.45) is 10.2 Å². The minimum absolute atomic E-state index is 0.241. The summed E-state index contributed by atoms with van der Waals surface area (Å²) in [6.45, 7) is 0.659. The summed E-state index contributed by atoms with van der Waals surface area (Å²) in [5.41, 5.74) is 1.94. The lowest BCUT2D eigenvalue weighted by molar-refractivity contribution is -0.138. The summed E-state index contributed by atoms with van der Waals surface area (Å²) in [7, 11) is 0. The molecule has 128 valence electrons. The highest BCUT2D eigenvalue weighted by Crippen LogP contribution is 2.22. The third kappa shape index (κ3) is 4.77. The molecule has 0 spiro atoms. The second-order valence-electron chi connectivity index (χ2n) is 5.29. The number of thioether (sulfide) groups is 1. The monoisotopic (exact) mass is 357 g/mol. The molecular weight excluding hydrogens is 342 g/mol. The first-order valence-corrected chi connectivity index (χ1v) is 8.35. The fraction of sp³-hybridized carbons (Fsp3) is 0.188. The van der Waals surface area contributed by atoms with E-state index in [2.05, 4.69) is 20.6 Å². The van der Waals surface area contributed by atoms with E-state index in [0.717, 1.165) is 22.9 Å². The van der Waals surface area contributed by atoms with Gasteiger partial charge in [-0.25, -0.2) is 0 Å². The van der Waals surface area contributed by atoms with Crippen molar-refractivity contribution in [1.82, 2.24) is 15.1 Å². The molecule has 2 aromatic rings. The first-order chi connectivity index (χ1) is 12.1. The van der Waals surface area contributed by atoms with Crippen molar-refractivity contribution in [2.45, 2.75) is 18.2 Å². The summed E-state index contributed by atoms with van der Waals surface area (Å²) < 4.78 is 1.82. The van der Waals surface area contributed by atoms with E-state index >= 15 is 0 Å². The number of aromatic nitrogens is 2. The fourth-order valence-electron chi connectivity index (χ4n) is 2.25. The zero-order valence-electron chi connectivity index (χ0n) is 13.1. The molecule has 0 bridgehead atoms. The number of carboxylic acid groups (broad SMARTS) is 1. The number of amidine groups is 1. The predicted octanol–water partition coefficient (Wildman–Crippen LogP) is 1.33. The van der Waals surface area contributed by atoms with E-state index in [4.69, 9.17) is 5.11 Å². The molecule has 0 radical (unpaired) electrons. The molecule has 1 aliphatic heterocycles. The van der Waals surface area contributed by atoms with Crippen molar-refractivity contribution >= 4 is 35.0 Å². The van der Waals surface area contributed by atoms with Crippen LogP contribution in [0.1, 0.15) is 17.5 Å². The maximum atomic E-state index is 11.6. The van der Waals surface area contributed by atoms with Crippen LogP contribution in [0.5, 0.6) is 0 Å². The Morgan fingerprint density at radius 2 is 2.32 bits per heavy atom. The van der Waals surface area contributed by atoms with Crippen LogP contribution in [0.15, 0.2) is 52.9 Å². The second kappa shape index (κ2) is 7.75. The normalized spacial score (nSPS) is 18.8. The number of carbonyl (C=O) groups excluding carboxylic acids is 1. The van der Waals surface area contributed by atoms with Gasteiger partial charge in [0.2, 0.25) is 5.91 Å². The van der Waals surface area contributed by atoms with Gasteiger partial charge >= 0.3 is 5.97 Å². The average Bonchev–Trinajstić information content (AvgIpc) is 3.18. The SMILES string of the molecule is O=C(O)CC1SC(=NN=Cc2cccc(Cn3cccn3)c2)NC1=O. The van der Waals surface area contributed by atoms with Gasteiger partial charge in [0.05, 0.1) is 19.2 Å². The molecule has 1 aliphatic rings. The van der Waals surface area contributed by atoms with Gasteiger partial charge in [-0.15, -0.1) is 5.10 Å². The molecule has 1 aromatic carbocycles. The third-order valence-electron chi connectivity index (χ3n) is 3.35. The maximum absolute atomic E-state index is 11.6. The number of benzene rings is 1. The van der Waals surface area contributed by atoms with Gasteiger partial charge in [-0.2, -0.15) is 10.2 Å². The lowest BCUT2D eigenvalue weighted by Gasteiger charge is -2.02. The molecule has 2 heterocycles. The van der Waals surface area contributed by atoms with Crippen LogP contribution in [-0.2, 0) is 16.1 Å². The van der Waals surface area contributed by atoms with Crippen molar-refractivity contribution in [3.63, 3.8) is 0 Å². The Labute approximate surface area is 147 Å². The van der Waals surface area contributed by atoms with Crippen LogP contribution >= 0.6 is 11.8 Å². The molecule has 1 aromatic heterocycles. The first-order valence-electron chi connectivity index (χ1n) is 7.47. The Hall–Kier alpha value is -2.94. The van der Waals surface area contributed by atoms with E-state index in [0.29, 0.717) is 11.7 Å². The topological polar surface area (TPSA) is 109 Å². The van der Waals surface area contributed by atoms with Crippen LogP contribution in [0.2, 0.25) is 0 Å². The molecule has 0 saturated carbocycles. The van der Waals surface area contributed by atoms with E-state index in [9.17, 15) is 9.59 Å². The molecule has 1 fully saturated rings. The molecule has 3 rings (SSSR count). The lowest BCUT2D eigenvalue weighted by Crippen LogP contribution is -2.26. The molecule has 1 atom stereocenters.